The summed E-state index contributed by atoms with van der Waals surface area (Å²) in [7, 11) is 0. The van der Waals surface area contributed by atoms with E-state index >= 15 is 0 Å². The molecule has 1 rings (SSSR count). The number of carbonyl (C=O) groups is 3. The molecule has 0 aromatic carbocycles. The van der Waals surface area contributed by atoms with Crippen molar-refractivity contribution >= 4 is 29.7 Å². The van der Waals surface area contributed by atoms with Crippen LogP contribution in [0.3, 0.4) is 0 Å². The Morgan fingerprint density at radius 1 is 1.50 bits per heavy atom. The van der Waals surface area contributed by atoms with Crippen LogP contribution in [0.5, 0.6) is 0 Å². The van der Waals surface area contributed by atoms with Gasteiger partial charge in [0.05, 0.1) is 12.2 Å². The van der Waals surface area contributed by atoms with Crippen molar-refractivity contribution in [2.24, 2.45) is 9.98 Å². The molecule has 0 saturated heterocycles. The molecule has 1 aliphatic rings. The van der Waals surface area contributed by atoms with Crippen molar-refractivity contribution in [2.75, 3.05) is 6.61 Å². The van der Waals surface area contributed by atoms with Gasteiger partial charge in [-0.3, -0.25) is 9.59 Å². The van der Waals surface area contributed by atoms with E-state index in [4.69, 9.17) is 0 Å². The summed E-state index contributed by atoms with van der Waals surface area (Å²) in [4.78, 5) is 40.3. The number of aliphatic imine (C=N–C) groups is 2. The molecule has 0 saturated carbocycles. The molecule has 0 N–H and O–H groups in total. The van der Waals surface area contributed by atoms with Gasteiger partial charge in [0.1, 0.15) is 0 Å². The Kier molecular flexibility index (Phi) is 3.82. The summed E-state index contributed by atoms with van der Waals surface area (Å²) in [5.74, 6) is -2.01. The number of allylic oxidation sites excluding steroid dienone is 1. The molecule has 0 unspecified atom stereocenters. The molecule has 6 heteroatoms. The summed E-state index contributed by atoms with van der Waals surface area (Å²) < 4.78 is 4.62. The molecule has 84 valence electrons. The monoisotopic (exact) mass is 222 g/mol. The zero-order chi connectivity index (χ0) is 12.1. The molecule has 0 aromatic rings. The highest BCUT2D eigenvalue weighted by atomic mass is 16.5. The Bertz CT molecular complexity index is 432. The van der Waals surface area contributed by atoms with Crippen molar-refractivity contribution < 1.29 is 19.1 Å². The number of ketones is 1. The normalized spacial score (nSPS) is 17.2. The number of amides is 1. The van der Waals surface area contributed by atoms with E-state index in [1.807, 2.05) is 0 Å². The molecule has 0 radical (unpaired) electrons. The lowest BCUT2D eigenvalue weighted by Gasteiger charge is -2.05. The minimum Gasteiger partial charge on any atom is -0.460 e. The van der Waals surface area contributed by atoms with Crippen LogP contribution in [0.1, 0.15) is 13.8 Å². The molecule has 0 spiro atoms. The highest BCUT2D eigenvalue weighted by Crippen LogP contribution is 2.03. The topological polar surface area (TPSA) is 85.2 Å². The van der Waals surface area contributed by atoms with E-state index < -0.39 is 11.9 Å². The lowest BCUT2D eigenvalue weighted by Crippen LogP contribution is -2.21. The molecule has 0 atom stereocenters. The zero-order valence-electron chi connectivity index (χ0n) is 8.89. The van der Waals surface area contributed by atoms with Gasteiger partial charge >= 0.3 is 5.97 Å². The highest BCUT2D eigenvalue weighted by molar-refractivity contribution is 6.42. The van der Waals surface area contributed by atoms with Gasteiger partial charge in [-0.2, -0.15) is 4.99 Å². The fourth-order valence-electron chi connectivity index (χ4n) is 0.987. The maximum absolute atomic E-state index is 11.3. The number of ether oxygens (including phenoxy) is 1. The number of hydrogen-bond donors (Lipinski definition) is 0. The fraction of sp³-hybridized carbons (Fsp3) is 0.300. The Hall–Kier alpha value is -2.11. The first kappa shape index (κ1) is 12.0. The SMILES string of the molecule is CCOC(=O)C1=NC(=O)C(=CC(C)=O)C=N1. The predicted octanol–water partition coefficient (Wildman–Crippen LogP) is 0.0744. The molecule has 0 aliphatic carbocycles. The van der Waals surface area contributed by atoms with Crippen LogP contribution in [0, 0.1) is 0 Å². The van der Waals surface area contributed by atoms with Crippen molar-refractivity contribution in [3.05, 3.63) is 11.6 Å². The molecular weight excluding hydrogens is 212 g/mol. The predicted molar refractivity (Wildman–Crippen MR) is 56.3 cm³/mol. The van der Waals surface area contributed by atoms with Crippen molar-refractivity contribution in [2.45, 2.75) is 13.8 Å². The Morgan fingerprint density at radius 3 is 2.69 bits per heavy atom. The minimum atomic E-state index is -0.756. The molecule has 6 nitrogen and oxygen atoms in total. The van der Waals surface area contributed by atoms with Crippen LogP contribution in [0.15, 0.2) is 21.6 Å². The number of carbonyl (C=O) groups excluding carboxylic acids is 3. The second kappa shape index (κ2) is 5.11. The van der Waals surface area contributed by atoms with Gasteiger partial charge in [0, 0.05) is 6.21 Å². The van der Waals surface area contributed by atoms with Gasteiger partial charge in [-0.25, -0.2) is 9.79 Å². The van der Waals surface area contributed by atoms with Gasteiger partial charge in [-0.05, 0) is 19.9 Å². The molecule has 0 fully saturated rings. The van der Waals surface area contributed by atoms with Crippen LogP contribution in [-0.4, -0.2) is 36.3 Å². The lowest BCUT2D eigenvalue weighted by molar-refractivity contribution is -0.135. The Labute approximate surface area is 91.7 Å². The van der Waals surface area contributed by atoms with Crippen LogP contribution in [0.2, 0.25) is 0 Å². The van der Waals surface area contributed by atoms with Crippen LogP contribution in [0.25, 0.3) is 0 Å². The van der Waals surface area contributed by atoms with Gasteiger partial charge in [0.2, 0.25) is 5.84 Å². The summed E-state index contributed by atoms with van der Waals surface area (Å²) in [5, 5.41) is 0. The maximum Gasteiger partial charge on any atom is 0.376 e. The minimum absolute atomic E-state index is 0.0561. The van der Waals surface area contributed by atoms with E-state index in [1.54, 1.807) is 6.92 Å². The lowest BCUT2D eigenvalue weighted by atomic mass is 10.2. The van der Waals surface area contributed by atoms with E-state index in [0.29, 0.717) is 0 Å². The second-order valence-corrected chi connectivity index (χ2v) is 2.93. The summed E-state index contributed by atoms with van der Waals surface area (Å²) in [6.07, 6.45) is 2.24. The third-order valence-electron chi connectivity index (χ3n) is 1.60. The third-order valence-corrected chi connectivity index (χ3v) is 1.60. The first-order valence-corrected chi connectivity index (χ1v) is 4.61. The Morgan fingerprint density at radius 2 is 2.19 bits per heavy atom. The highest BCUT2D eigenvalue weighted by Gasteiger charge is 2.19. The third kappa shape index (κ3) is 2.94. The zero-order valence-corrected chi connectivity index (χ0v) is 8.89. The van der Waals surface area contributed by atoms with E-state index in [2.05, 4.69) is 14.7 Å². The smallest absolute Gasteiger partial charge is 0.376 e. The van der Waals surface area contributed by atoms with Crippen molar-refractivity contribution in [3.63, 3.8) is 0 Å². The largest absolute Gasteiger partial charge is 0.460 e. The number of rotatable bonds is 3. The molecule has 1 amide bonds. The van der Waals surface area contributed by atoms with E-state index in [1.165, 1.54) is 6.92 Å². The summed E-state index contributed by atoms with van der Waals surface area (Å²) in [6, 6.07) is 0. The van der Waals surface area contributed by atoms with Crippen molar-refractivity contribution in [1.29, 1.82) is 0 Å². The van der Waals surface area contributed by atoms with Gasteiger partial charge in [-0.1, -0.05) is 0 Å². The van der Waals surface area contributed by atoms with Gasteiger partial charge in [0.25, 0.3) is 5.91 Å². The van der Waals surface area contributed by atoms with Gasteiger partial charge in [0.15, 0.2) is 5.78 Å². The molecule has 1 aliphatic heterocycles. The van der Waals surface area contributed by atoms with Crippen LogP contribution in [-0.2, 0) is 19.1 Å². The quantitative estimate of drug-likeness (QED) is 0.499. The fourth-order valence-corrected chi connectivity index (χ4v) is 0.987. The van der Waals surface area contributed by atoms with Gasteiger partial charge < -0.3 is 4.74 Å². The van der Waals surface area contributed by atoms with Crippen molar-refractivity contribution in [1.82, 2.24) is 0 Å². The van der Waals surface area contributed by atoms with Crippen LogP contribution < -0.4 is 0 Å². The number of esters is 1. The summed E-state index contributed by atoms with van der Waals surface area (Å²) >= 11 is 0. The first-order chi connectivity index (χ1) is 7.54. The van der Waals surface area contributed by atoms with Crippen LogP contribution >= 0.6 is 0 Å². The molecular formula is C10H10N2O4. The number of nitrogens with zero attached hydrogens (tertiary/aromatic N) is 2. The second-order valence-electron chi connectivity index (χ2n) is 2.93. The molecule has 0 bridgehead atoms. The molecule has 16 heavy (non-hydrogen) atoms. The molecule has 0 aromatic heterocycles. The summed E-state index contributed by atoms with van der Waals surface area (Å²) in [5.41, 5.74) is 0.0561. The number of hydrogen-bond acceptors (Lipinski definition) is 5. The number of amidine groups is 1. The van der Waals surface area contributed by atoms with Crippen LogP contribution in [0.4, 0.5) is 0 Å². The maximum atomic E-state index is 11.3. The molecule has 1 heterocycles. The Balaban J connectivity index is 2.86. The van der Waals surface area contributed by atoms with E-state index in [-0.39, 0.29) is 23.8 Å². The standard InChI is InChI=1S/C10H10N2O4/c1-3-16-10(15)8-11-5-7(4-6(2)13)9(14)12-8/h4-5H,3H2,1-2H3. The van der Waals surface area contributed by atoms with Crippen molar-refractivity contribution in [3.8, 4) is 0 Å². The van der Waals surface area contributed by atoms with E-state index in [9.17, 15) is 14.4 Å². The van der Waals surface area contributed by atoms with E-state index in [0.717, 1.165) is 12.3 Å². The average molecular weight is 222 g/mol. The summed E-state index contributed by atoms with van der Waals surface area (Å²) in [6.45, 7) is 3.12. The average Bonchev–Trinajstić information content (AvgIpc) is 2.20. The van der Waals surface area contributed by atoms with Gasteiger partial charge in [-0.15, -0.1) is 0 Å². The first-order valence-electron chi connectivity index (χ1n) is 4.61.